The second kappa shape index (κ2) is 4.28. The van der Waals surface area contributed by atoms with Crippen LogP contribution in [0.15, 0.2) is 16.7 Å². The highest BCUT2D eigenvalue weighted by atomic mass is 16.3. The van der Waals surface area contributed by atoms with Gasteiger partial charge in [-0.3, -0.25) is 4.79 Å². The van der Waals surface area contributed by atoms with Crippen molar-refractivity contribution in [1.29, 1.82) is 0 Å². The fourth-order valence-corrected chi connectivity index (χ4v) is 1.29. The van der Waals surface area contributed by atoms with Crippen molar-refractivity contribution in [2.24, 2.45) is 5.73 Å². The van der Waals surface area contributed by atoms with E-state index in [0.717, 1.165) is 5.76 Å². The number of hydrogen-bond donors (Lipinski definition) is 1. The Kier molecular flexibility index (Phi) is 3.30. The number of hydrogen-bond acceptors (Lipinski definition) is 3. The van der Waals surface area contributed by atoms with E-state index in [1.807, 2.05) is 13.8 Å². The number of aryl methyl sites for hydroxylation is 1. The number of carbonyl (C=O) groups is 1. The highest BCUT2D eigenvalue weighted by Crippen LogP contribution is 2.08. The molecular weight excluding hydrogens is 180 g/mol. The van der Waals surface area contributed by atoms with E-state index >= 15 is 0 Å². The van der Waals surface area contributed by atoms with Gasteiger partial charge >= 0.3 is 0 Å². The molecule has 0 saturated carbocycles. The van der Waals surface area contributed by atoms with Crippen LogP contribution in [-0.4, -0.2) is 30.4 Å². The number of nitrogens with two attached hydrogens (primary N) is 1. The third-order valence-corrected chi connectivity index (χ3v) is 1.89. The summed E-state index contributed by atoms with van der Waals surface area (Å²) in [5, 5.41) is 0. The van der Waals surface area contributed by atoms with Gasteiger partial charge in [0.25, 0.3) is 5.91 Å². The molecule has 0 saturated heterocycles. The molecule has 0 spiro atoms. The quantitative estimate of drug-likeness (QED) is 0.784. The summed E-state index contributed by atoms with van der Waals surface area (Å²) in [6.07, 6.45) is 1.47. The van der Waals surface area contributed by atoms with Gasteiger partial charge in [0.05, 0.1) is 5.56 Å². The fraction of sp³-hybridized carbons (Fsp3) is 0.500. The van der Waals surface area contributed by atoms with Gasteiger partial charge < -0.3 is 15.1 Å². The fourth-order valence-electron chi connectivity index (χ4n) is 1.29. The zero-order chi connectivity index (χ0) is 10.7. The maximum atomic E-state index is 11.7. The van der Waals surface area contributed by atoms with Gasteiger partial charge in [0, 0.05) is 19.6 Å². The molecule has 4 heteroatoms. The SMILES string of the molecule is Cc1cc(C(=O)N(C)CC(C)N)co1. The summed E-state index contributed by atoms with van der Waals surface area (Å²) in [6, 6.07) is 1.71. The van der Waals surface area contributed by atoms with Crippen molar-refractivity contribution < 1.29 is 9.21 Å². The minimum Gasteiger partial charge on any atom is -0.469 e. The van der Waals surface area contributed by atoms with Gasteiger partial charge in [-0.15, -0.1) is 0 Å². The van der Waals surface area contributed by atoms with E-state index in [1.165, 1.54) is 6.26 Å². The lowest BCUT2D eigenvalue weighted by Gasteiger charge is -2.18. The molecule has 1 unspecified atom stereocenters. The van der Waals surface area contributed by atoms with Crippen LogP contribution in [-0.2, 0) is 0 Å². The monoisotopic (exact) mass is 196 g/mol. The number of rotatable bonds is 3. The van der Waals surface area contributed by atoms with Gasteiger partial charge in [0.2, 0.25) is 0 Å². The van der Waals surface area contributed by atoms with Crippen molar-refractivity contribution in [3.05, 3.63) is 23.7 Å². The molecule has 1 atom stereocenters. The first-order valence-corrected chi connectivity index (χ1v) is 4.57. The van der Waals surface area contributed by atoms with Gasteiger partial charge in [-0.25, -0.2) is 0 Å². The molecule has 14 heavy (non-hydrogen) atoms. The summed E-state index contributed by atoms with van der Waals surface area (Å²) in [7, 11) is 1.73. The summed E-state index contributed by atoms with van der Waals surface area (Å²) in [5.41, 5.74) is 6.17. The summed E-state index contributed by atoms with van der Waals surface area (Å²) in [4.78, 5) is 13.3. The molecule has 0 aromatic carbocycles. The van der Waals surface area contributed by atoms with Crippen molar-refractivity contribution in [2.45, 2.75) is 19.9 Å². The van der Waals surface area contributed by atoms with Crippen LogP contribution in [0.5, 0.6) is 0 Å². The molecule has 4 nitrogen and oxygen atoms in total. The number of nitrogens with zero attached hydrogens (tertiary/aromatic N) is 1. The molecule has 78 valence electrons. The van der Waals surface area contributed by atoms with Crippen LogP contribution in [0, 0.1) is 6.92 Å². The van der Waals surface area contributed by atoms with Crippen LogP contribution in [0.4, 0.5) is 0 Å². The van der Waals surface area contributed by atoms with Crippen LogP contribution in [0.1, 0.15) is 23.0 Å². The zero-order valence-electron chi connectivity index (χ0n) is 8.78. The van der Waals surface area contributed by atoms with E-state index < -0.39 is 0 Å². The van der Waals surface area contributed by atoms with Crippen molar-refractivity contribution in [2.75, 3.05) is 13.6 Å². The second-order valence-electron chi connectivity index (χ2n) is 3.61. The topological polar surface area (TPSA) is 59.5 Å². The largest absolute Gasteiger partial charge is 0.469 e. The number of furan rings is 1. The molecular formula is C10H16N2O2. The first-order valence-electron chi connectivity index (χ1n) is 4.57. The Hall–Kier alpha value is -1.29. The molecule has 0 fully saturated rings. The molecule has 0 aliphatic heterocycles. The Morgan fingerprint density at radius 3 is 2.79 bits per heavy atom. The lowest BCUT2D eigenvalue weighted by atomic mass is 10.2. The standard InChI is InChI=1S/C10H16N2O2/c1-7(11)5-12(3)10(13)9-4-8(2)14-6-9/h4,6-7H,5,11H2,1-3H3. The smallest absolute Gasteiger partial charge is 0.256 e. The summed E-state index contributed by atoms with van der Waals surface area (Å²) < 4.78 is 5.06. The van der Waals surface area contributed by atoms with Crippen molar-refractivity contribution in [3.8, 4) is 0 Å². The lowest BCUT2D eigenvalue weighted by molar-refractivity contribution is 0.0788. The molecule has 1 aromatic rings. The van der Waals surface area contributed by atoms with Crippen molar-refractivity contribution in [3.63, 3.8) is 0 Å². The molecule has 2 N–H and O–H groups in total. The van der Waals surface area contributed by atoms with E-state index in [9.17, 15) is 4.79 Å². The summed E-state index contributed by atoms with van der Waals surface area (Å²) >= 11 is 0. The number of amides is 1. The normalized spacial score (nSPS) is 12.6. The average molecular weight is 196 g/mol. The second-order valence-corrected chi connectivity index (χ2v) is 3.61. The molecule has 1 heterocycles. The number of likely N-dealkylation sites (N-methyl/N-ethyl adjacent to an activating group) is 1. The minimum atomic E-state index is -0.0563. The molecule has 0 bridgehead atoms. The van der Waals surface area contributed by atoms with E-state index in [-0.39, 0.29) is 11.9 Å². The number of carbonyl (C=O) groups excluding carboxylic acids is 1. The predicted molar refractivity (Wildman–Crippen MR) is 54.1 cm³/mol. The Morgan fingerprint density at radius 1 is 1.71 bits per heavy atom. The molecule has 0 aliphatic rings. The molecule has 1 aromatic heterocycles. The summed E-state index contributed by atoms with van der Waals surface area (Å²) in [5.74, 6) is 0.682. The maximum Gasteiger partial charge on any atom is 0.256 e. The molecule has 1 rings (SSSR count). The van der Waals surface area contributed by atoms with Crippen LogP contribution in [0.3, 0.4) is 0 Å². The van der Waals surface area contributed by atoms with Crippen LogP contribution < -0.4 is 5.73 Å². The minimum absolute atomic E-state index is 0.0167. The Balaban J connectivity index is 2.65. The van der Waals surface area contributed by atoms with E-state index in [1.54, 1.807) is 18.0 Å². The Bertz CT molecular complexity index is 318. The highest BCUT2D eigenvalue weighted by molar-refractivity contribution is 5.93. The van der Waals surface area contributed by atoms with E-state index in [4.69, 9.17) is 10.2 Å². The maximum absolute atomic E-state index is 11.7. The molecule has 1 amide bonds. The van der Waals surface area contributed by atoms with Crippen LogP contribution in [0.2, 0.25) is 0 Å². The van der Waals surface area contributed by atoms with Gasteiger partial charge in [-0.2, -0.15) is 0 Å². The van der Waals surface area contributed by atoms with E-state index in [2.05, 4.69) is 0 Å². The third-order valence-electron chi connectivity index (χ3n) is 1.89. The van der Waals surface area contributed by atoms with Crippen molar-refractivity contribution >= 4 is 5.91 Å². The van der Waals surface area contributed by atoms with Gasteiger partial charge in [0.1, 0.15) is 12.0 Å². The Morgan fingerprint density at radius 2 is 2.36 bits per heavy atom. The van der Waals surface area contributed by atoms with Crippen LogP contribution >= 0.6 is 0 Å². The summed E-state index contributed by atoms with van der Waals surface area (Å²) in [6.45, 7) is 4.22. The van der Waals surface area contributed by atoms with Gasteiger partial charge in [-0.05, 0) is 19.9 Å². The molecule has 0 aliphatic carbocycles. The highest BCUT2D eigenvalue weighted by Gasteiger charge is 2.14. The third kappa shape index (κ3) is 2.60. The zero-order valence-corrected chi connectivity index (χ0v) is 8.78. The van der Waals surface area contributed by atoms with E-state index in [0.29, 0.717) is 12.1 Å². The average Bonchev–Trinajstić information content (AvgIpc) is 2.49. The Labute approximate surface area is 83.7 Å². The van der Waals surface area contributed by atoms with Crippen LogP contribution in [0.25, 0.3) is 0 Å². The predicted octanol–water partition coefficient (Wildman–Crippen LogP) is 1.01. The lowest BCUT2D eigenvalue weighted by Crippen LogP contribution is -2.36. The first kappa shape index (κ1) is 10.8. The van der Waals surface area contributed by atoms with Gasteiger partial charge in [0.15, 0.2) is 0 Å². The molecule has 0 radical (unpaired) electrons. The van der Waals surface area contributed by atoms with Crippen molar-refractivity contribution in [1.82, 2.24) is 4.90 Å². The first-order chi connectivity index (χ1) is 6.50. The van der Waals surface area contributed by atoms with Gasteiger partial charge in [-0.1, -0.05) is 0 Å².